The monoisotopic (exact) mass is 299 g/mol. The average Bonchev–Trinajstić information content (AvgIpc) is 2.37. The number of benzene rings is 2. The predicted octanol–water partition coefficient (Wildman–Crippen LogP) is 4.35. The van der Waals surface area contributed by atoms with E-state index >= 15 is 0 Å². The van der Waals surface area contributed by atoms with Gasteiger partial charge < -0.3 is 5.32 Å². The van der Waals surface area contributed by atoms with E-state index in [1.165, 1.54) is 27.8 Å². The van der Waals surface area contributed by atoms with Crippen LogP contribution >= 0.6 is 11.6 Å². The Kier molecular flexibility index (Phi) is 3.81. The second-order valence-corrected chi connectivity index (χ2v) is 6.82. The lowest BCUT2D eigenvalue weighted by Crippen LogP contribution is -2.58. The largest absolute Gasteiger partial charge is 0.315 e. The maximum atomic E-state index is 6.46. The maximum Gasteiger partial charge on any atom is 0.0444 e. The van der Waals surface area contributed by atoms with Gasteiger partial charge in [0.05, 0.1) is 0 Å². The summed E-state index contributed by atoms with van der Waals surface area (Å²) in [4.78, 5) is 0. The van der Waals surface area contributed by atoms with Gasteiger partial charge in [0, 0.05) is 23.5 Å². The van der Waals surface area contributed by atoms with E-state index in [9.17, 15) is 0 Å². The van der Waals surface area contributed by atoms with Gasteiger partial charge in [0.1, 0.15) is 0 Å². The molecule has 1 aliphatic heterocycles. The Balaban J connectivity index is 2.01. The highest BCUT2D eigenvalue weighted by molar-refractivity contribution is 6.31. The van der Waals surface area contributed by atoms with Crippen molar-refractivity contribution in [2.24, 2.45) is 0 Å². The Bertz CT molecular complexity index is 648. The molecule has 1 N–H and O–H groups in total. The van der Waals surface area contributed by atoms with Crippen molar-refractivity contribution < 1.29 is 0 Å². The number of hydrogen-bond acceptors (Lipinski definition) is 1. The summed E-state index contributed by atoms with van der Waals surface area (Å²) < 4.78 is 0. The molecule has 0 unspecified atom stereocenters. The first-order valence-electron chi connectivity index (χ1n) is 7.54. The highest BCUT2D eigenvalue weighted by Crippen LogP contribution is 2.38. The van der Waals surface area contributed by atoms with Crippen molar-refractivity contribution >= 4 is 11.6 Å². The zero-order valence-electron chi connectivity index (χ0n) is 13.0. The van der Waals surface area contributed by atoms with E-state index in [1.807, 2.05) is 12.1 Å². The molecule has 2 aromatic rings. The second kappa shape index (κ2) is 5.47. The van der Waals surface area contributed by atoms with Crippen molar-refractivity contribution in [2.45, 2.75) is 32.6 Å². The topological polar surface area (TPSA) is 12.0 Å². The maximum absolute atomic E-state index is 6.46. The minimum Gasteiger partial charge on any atom is -0.315 e. The average molecular weight is 300 g/mol. The minimum absolute atomic E-state index is 0.142. The summed E-state index contributed by atoms with van der Waals surface area (Å²) in [5.74, 6) is 0. The molecule has 1 heterocycles. The van der Waals surface area contributed by atoms with E-state index in [0.29, 0.717) is 0 Å². The quantitative estimate of drug-likeness (QED) is 0.888. The summed E-state index contributed by atoms with van der Waals surface area (Å²) in [6.07, 6.45) is 1.06. The van der Waals surface area contributed by atoms with E-state index in [1.54, 1.807) is 0 Å². The number of hydrogen-bond donors (Lipinski definition) is 1. The van der Waals surface area contributed by atoms with E-state index in [4.69, 9.17) is 11.6 Å². The molecule has 2 heteroatoms. The Morgan fingerprint density at radius 1 is 1.05 bits per heavy atom. The molecule has 1 nitrogen and oxygen atoms in total. The van der Waals surface area contributed by atoms with E-state index in [-0.39, 0.29) is 5.41 Å². The normalized spacial score (nSPS) is 16.6. The van der Waals surface area contributed by atoms with Crippen molar-refractivity contribution in [2.75, 3.05) is 13.1 Å². The fraction of sp³-hybridized carbons (Fsp3) is 0.368. The van der Waals surface area contributed by atoms with Crippen molar-refractivity contribution in [3.8, 4) is 0 Å². The summed E-state index contributed by atoms with van der Waals surface area (Å²) in [6, 6.07) is 12.9. The summed E-state index contributed by atoms with van der Waals surface area (Å²) in [5.41, 5.74) is 7.03. The van der Waals surface area contributed by atoms with Crippen LogP contribution in [0.1, 0.15) is 27.8 Å². The number of rotatable bonds is 3. The molecule has 1 aliphatic rings. The third-order valence-corrected chi connectivity index (χ3v) is 5.06. The smallest absolute Gasteiger partial charge is 0.0444 e. The van der Waals surface area contributed by atoms with Gasteiger partial charge in [-0.05, 0) is 55.5 Å². The molecule has 0 amide bonds. The van der Waals surface area contributed by atoms with Gasteiger partial charge in [-0.15, -0.1) is 0 Å². The standard InChI is InChI=1S/C19H22ClN/c1-13-8-14(2)16(15(3)9-13)10-19(11-21-12-19)17-6-4-5-7-18(17)20/h4-9,21H,10-12H2,1-3H3. The lowest BCUT2D eigenvalue weighted by molar-refractivity contribution is 0.274. The Morgan fingerprint density at radius 2 is 1.67 bits per heavy atom. The molecule has 2 aromatic carbocycles. The van der Waals surface area contributed by atoms with Gasteiger partial charge in [-0.3, -0.25) is 0 Å². The molecular weight excluding hydrogens is 278 g/mol. The predicted molar refractivity (Wildman–Crippen MR) is 90.4 cm³/mol. The molecule has 0 bridgehead atoms. The zero-order valence-corrected chi connectivity index (χ0v) is 13.7. The summed E-state index contributed by atoms with van der Waals surface area (Å²) in [7, 11) is 0. The van der Waals surface area contributed by atoms with Crippen molar-refractivity contribution in [1.29, 1.82) is 0 Å². The molecule has 0 aromatic heterocycles. The number of nitrogens with one attached hydrogen (secondary N) is 1. The van der Waals surface area contributed by atoms with Gasteiger partial charge in [-0.1, -0.05) is 47.5 Å². The van der Waals surface area contributed by atoms with Gasteiger partial charge >= 0.3 is 0 Å². The molecule has 0 spiro atoms. The zero-order chi connectivity index (χ0) is 15.0. The van der Waals surface area contributed by atoms with E-state index < -0.39 is 0 Å². The van der Waals surface area contributed by atoms with Gasteiger partial charge in [0.15, 0.2) is 0 Å². The van der Waals surface area contributed by atoms with Gasteiger partial charge in [-0.2, -0.15) is 0 Å². The molecule has 0 radical (unpaired) electrons. The lowest BCUT2D eigenvalue weighted by Gasteiger charge is -2.44. The van der Waals surface area contributed by atoms with Crippen molar-refractivity contribution in [3.63, 3.8) is 0 Å². The molecule has 1 saturated heterocycles. The number of aryl methyl sites for hydroxylation is 3. The van der Waals surface area contributed by atoms with Crippen LogP contribution in [-0.4, -0.2) is 13.1 Å². The van der Waals surface area contributed by atoms with Crippen LogP contribution in [0.2, 0.25) is 5.02 Å². The summed E-state index contributed by atoms with van der Waals surface area (Å²) >= 11 is 6.46. The van der Waals surface area contributed by atoms with Crippen LogP contribution in [0.5, 0.6) is 0 Å². The van der Waals surface area contributed by atoms with E-state index in [2.05, 4.69) is 50.4 Å². The third kappa shape index (κ3) is 2.61. The molecule has 0 atom stereocenters. The van der Waals surface area contributed by atoms with Gasteiger partial charge in [0.25, 0.3) is 0 Å². The van der Waals surface area contributed by atoms with Crippen LogP contribution in [0, 0.1) is 20.8 Å². The highest BCUT2D eigenvalue weighted by atomic mass is 35.5. The Hall–Kier alpha value is -1.31. The van der Waals surface area contributed by atoms with Crippen LogP contribution in [0.25, 0.3) is 0 Å². The highest BCUT2D eigenvalue weighted by Gasteiger charge is 2.40. The van der Waals surface area contributed by atoms with Crippen molar-refractivity contribution in [3.05, 3.63) is 69.2 Å². The molecule has 0 aliphatic carbocycles. The van der Waals surface area contributed by atoms with Crippen molar-refractivity contribution in [1.82, 2.24) is 5.32 Å². The first-order chi connectivity index (χ1) is 10.0. The van der Waals surface area contributed by atoms with Crippen LogP contribution in [-0.2, 0) is 11.8 Å². The number of halogens is 1. The molecule has 0 saturated carbocycles. The Morgan fingerprint density at radius 3 is 2.19 bits per heavy atom. The molecule has 1 fully saturated rings. The molecule has 21 heavy (non-hydrogen) atoms. The van der Waals surface area contributed by atoms with E-state index in [0.717, 1.165) is 24.5 Å². The SMILES string of the molecule is Cc1cc(C)c(CC2(c3ccccc3Cl)CNC2)c(C)c1. The molecule has 110 valence electrons. The van der Waals surface area contributed by atoms with Crippen LogP contribution < -0.4 is 5.32 Å². The van der Waals surface area contributed by atoms with Gasteiger partial charge in [-0.25, -0.2) is 0 Å². The first-order valence-corrected chi connectivity index (χ1v) is 7.92. The molecule has 3 rings (SSSR count). The van der Waals surface area contributed by atoms with Gasteiger partial charge in [0.2, 0.25) is 0 Å². The van der Waals surface area contributed by atoms with Crippen LogP contribution in [0.3, 0.4) is 0 Å². The third-order valence-electron chi connectivity index (χ3n) is 4.73. The lowest BCUT2D eigenvalue weighted by atomic mass is 9.70. The fourth-order valence-electron chi connectivity index (χ4n) is 3.56. The molecular formula is C19H22ClN. The second-order valence-electron chi connectivity index (χ2n) is 6.42. The van der Waals surface area contributed by atoms with Crippen LogP contribution in [0.4, 0.5) is 0 Å². The Labute approximate surface area is 132 Å². The first kappa shape index (κ1) is 14.6. The summed E-state index contributed by atoms with van der Waals surface area (Å²) in [5, 5.41) is 4.33. The summed E-state index contributed by atoms with van der Waals surface area (Å²) in [6.45, 7) is 8.62. The minimum atomic E-state index is 0.142. The van der Waals surface area contributed by atoms with Crippen LogP contribution in [0.15, 0.2) is 36.4 Å². The fourth-order valence-corrected chi connectivity index (χ4v) is 3.89.